The molecule has 0 unspecified atom stereocenters. The van der Waals surface area contributed by atoms with Crippen LogP contribution < -0.4 is 0 Å². The van der Waals surface area contributed by atoms with Gasteiger partial charge in [0.15, 0.2) is 0 Å². The van der Waals surface area contributed by atoms with Gasteiger partial charge in [-0.1, -0.05) is 188 Å². The number of nitrogens with zero attached hydrogens (tertiary/aromatic N) is 2. The molecule has 0 aliphatic carbocycles. The maximum Gasteiger partial charge on any atom is 0.0800 e. The van der Waals surface area contributed by atoms with Gasteiger partial charge in [-0.3, -0.25) is 0 Å². The number of hydrogen-bond acceptors (Lipinski definition) is 2. The quantitative estimate of drug-likeness (QED) is 0.154. The molecule has 8 aromatic carbocycles. The second kappa shape index (κ2) is 14.4. The third-order valence-corrected chi connectivity index (χ3v) is 10.6. The Kier molecular flexibility index (Phi) is 8.55. The Morgan fingerprint density at radius 2 is 0.714 bits per heavy atom. The molecule has 0 saturated carbocycles. The lowest BCUT2D eigenvalue weighted by molar-refractivity contribution is 1.32. The van der Waals surface area contributed by atoms with Crippen molar-refractivity contribution in [1.29, 1.82) is 0 Å². The SMILES string of the molecule is c1ccc(-c2ccc(-c3cc(-c4cccc(-c5cc6ccccc6c6c(-c7ccccc7)cc(-c7ccccc7)nc56)c4)cc(-c4ccccc4)n3)cc2)cc1. The highest BCUT2D eigenvalue weighted by Crippen LogP contribution is 2.42. The minimum Gasteiger partial charge on any atom is -0.248 e. The van der Waals surface area contributed by atoms with E-state index in [9.17, 15) is 0 Å². The van der Waals surface area contributed by atoms with E-state index in [2.05, 4.69) is 212 Å². The molecule has 0 aliphatic heterocycles. The van der Waals surface area contributed by atoms with Gasteiger partial charge in [0.1, 0.15) is 0 Å². The molecule has 0 atom stereocenters. The van der Waals surface area contributed by atoms with Gasteiger partial charge in [0.2, 0.25) is 0 Å². The van der Waals surface area contributed by atoms with Crippen molar-refractivity contribution in [3.05, 3.63) is 218 Å². The topological polar surface area (TPSA) is 25.8 Å². The van der Waals surface area contributed by atoms with Gasteiger partial charge < -0.3 is 0 Å². The van der Waals surface area contributed by atoms with E-state index in [0.717, 1.165) is 66.9 Å². The fraction of sp³-hybridized carbons (Fsp3) is 0. The molecule has 0 amide bonds. The number of pyridine rings is 2. The first kappa shape index (κ1) is 33.2. The lowest BCUT2D eigenvalue weighted by Gasteiger charge is -2.17. The molecule has 56 heavy (non-hydrogen) atoms. The lowest BCUT2D eigenvalue weighted by Crippen LogP contribution is -1.95. The van der Waals surface area contributed by atoms with Crippen molar-refractivity contribution >= 4 is 21.7 Å². The zero-order valence-corrected chi connectivity index (χ0v) is 30.7. The van der Waals surface area contributed by atoms with Gasteiger partial charge in [-0.2, -0.15) is 0 Å². The van der Waals surface area contributed by atoms with E-state index in [4.69, 9.17) is 9.97 Å². The molecule has 0 spiro atoms. The van der Waals surface area contributed by atoms with Crippen LogP contribution in [0.15, 0.2) is 218 Å². The predicted molar refractivity (Wildman–Crippen MR) is 235 cm³/mol. The standard InChI is InChI=1S/C54H36N2/c1-5-16-37(17-6-1)38-28-30-42(31-29-38)51-35-46(34-50(55-51)40-20-9-3-10-21-40)43-25-15-26-44(32-43)49-33-45-24-13-14-27-47(45)53-48(39-18-7-2-8-19-39)36-52(56-54(49)53)41-22-11-4-12-23-41/h1-36H. The molecule has 2 aromatic heterocycles. The molecule has 0 aliphatic rings. The average Bonchev–Trinajstić information content (AvgIpc) is 3.29. The highest BCUT2D eigenvalue weighted by Gasteiger charge is 2.18. The minimum absolute atomic E-state index is 0.934. The van der Waals surface area contributed by atoms with Gasteiger partial charge in [-0.05, 0) is 80.0 Å². The number of hydrogen-bond donors (Lipinski definition) is 0. The van der Waals surface area contributed by atoms with Crippen LogP contribution in [0.25, 0.3) is 100.0 Å². The Bertz CT molecular complexity index is 2970. The van der Waals surface area contributed by atoms with E-state index >= 15 is 0 Å². The van der Waals surface area contributed by atoms with Crippen LogP contribution in [-0.4, -0.2) is 9.97 Å². The van der Waals surface area contributed by atoms with Crippen molar-refractivity contribution in [2.24, 2.45) is 0 Å². The Hall–Kier alpha value is -7.42. The van der Waals surface area contributed by atoms with Crippen molar-refractivity contribution in [3.63, 3.8) is 0 Å². The van der Waals surface area contributed by atoms with Gasteiger partial charge in [0.25, 0.3) is 0 Å². The first-order valence-electron chi connectivity index (χ1n) is 19.1. The second-order valence-corrected chi connectivity index (χ2v) is 14.2. The Morgan fingerprint density at radius 3 is 1.36 bits per heavy atom. The number of rotatable bonds is 7. The molecule has 10 rings (SSSR count). The van der Waals surface area contributed by atoms with Crippen LogP contribution in [0.5, 0.6) is 0 Å². The largest absolute Gasteiger partial charge is 0.248 e. The van der Waals surface area contributed by atoms with E-state index in [0.29, 0.717) is 0 Å². The number of aromatic nitrogens is 2. The summed E-state index contributed by atoms with van der Waals surface area (Å²) in [6.07, 6.45) is 0. The van der Waals surface area contributed by atoms with Gasteiger partial charge in [-0.15, -0.1) is 0 Å². The third-order valence-electron chi connectivity index (χ3n) is 10.6. The minimum atomic E-state index is 0.934. The van der Waals surface area contributed by atoms with E-state index in [1.54, 1.807) is 0 Å². The van der Waals surface area contributed by atoms with Crippen LogP contribution in [0.2, 0.25) is 0 Å². The van der Waals surface area contributed by atoms with Crippen LogP contribution in [-0.2, 0) is 0 Å². The summed E-state index contributed by atoms with van der Waals surface area (Å²) in [7, 11) is 0. The zero-order chi connectivity index (χ0) is 37.3. The molecule has 0 saturated heterocycles. The first-order valence-corrected chi connectivity index (χ1v) is 19.1. The molecule has 0 fully saturated rings. The second-order valence-electron chi connectivity index (χ2n) is 14.2. The lowest BCUT2D eigenvalue weighted by atomic mass is 9.89. The van der Waals surface area contributed by atoms with Crippen molar-refractivity contribution in [2.75, 3.05) is 0 Å². The fourth-order valence-electron chi connectivity index (χ4n) is 7.84. The maximum absolute atomic E-state index is 5.49. The van der Waals surface area contributed by atoms with Gasteiger partial charge >= 0.3 is 0 Å². The normalized spacial score (nSPS) is 11.2. The summed E-state index contributed by atoms with van der Waals surface area (Å²) in [5, 5.41) is 3.53. The summed E-state index contributed by atoms with van der Waals surface area (Å²) in [5.41, 5.74) is 16.2. The van der Waals surface area contributed by atoms with Crippen LogP contribution in [0.3, 0.4) is 0 Å². The fourth-order valence-corrected chi connectivity index (χ4v) is 7.84. The monoisotopic (exact) mass is 712 g/mol. The zero-order valence-electron chi connectivity index (χ0n) is 30.7. The Labute approximate surface area is 327 Å². The molecule has 2 heterocycles. The van der Waals surface area contributed by atoms with E-state index in [1.165, 1.54) is 33.0 Å². The van der Waals surface area contributed by atoms with Gasteiger partial charge in [0.05, 0.1) is 22.6 Å². The molecule has 262 valence electrons. The molecule has 10 aromatic rings. The molecule has 2 heteroatoms. The summed E-state index contributed by atoms with van der Waals surface area (Å²) in [5.74, 6) is 0. The summed E-state index contributed by atoms with van der Waals surface area (Å²) in [6.45, 7) is 0. The smallest absolute Gasteiger partial charge is 0.0800 e. The van der Waals surface area contributed by atoms with Crippen molar-refractivity contribution < 1.29 is 0 Å². The molecular weight excluding hydrogens is 677 g/mol. The van der Waals surface area contributed by atoms with E-state index < -0.39 is 0 Å². The van der Waals surface area contributed by atoms with Crippen molar-refractivity contribution in [2.45, 2.75) is 0 Å². The van der Waals surface area contributed by atoms with Gasteiger partial charge in [-0.25, -0.2) is 9.97 Å². The first-order chi connectivity index (χ1) is 27.7. The maximum atomic E-state index is 5.49. The summed E-state index contributed by atoms with van der Waals surface area (Å²) in [4.78, 5) is 10.7. The average molecular weight is 713 g/mol. The van der Waals surface area contributed by atoms with E-state index in [-0.39, 0.29) is 0 Å². The Morgan fingerprint density at radius 1 is 0.250 bits per heavy atom. The summed E-state index contributed by atoms with van der Waals surface area (Å²) >= 11 is 0. The summed E-state index contributed by atoms with van der Waals surface area (Å²) < 4.78 is 0. The van der Waals surface area contributed by atoms with Crippen LogP contribution in [0, 0.1) is 0 Å². The highest BCUT2D eigenvalue weighted by molar-refractivity contribution is 6.18. The van der Waals surface area contributed by atoms with E-state index in [1.807, 2.05) is 6.07 Å². The van der Waals surface area contributed by atoms with Crippen LogP contribution in [0.4, 0.5) is 0 Å². The molecule has 2 nitrogen and oxygen atoms in total. The van der Waals surface area contributed by atoms with Gasteiger partial charge in [0, 0.05) is 27.6 Å². The van der Waals surface area contributed by atoms with Crippen molar-refractivity contribution in [1.82, 2.24) is 9.97 Å². The molecule has 0 bridgehead atoms. The highest BCUT2D eigenvalue weighted by atomic mass is 14.7. The molecule has 0 radical (unpaired) electrons. The predicted octanol–water partition coefficient (Wildman–Crippen LogP) is 14.5. The molecular formula is C54H36N2. The third kappa shape index (κ3) is 6.34. The number of fused-ring (bicyclic) bond motifs is 3. The van der Waals surface area contributed by atoms with Crippen LogP contribution >= 0.6 is 0 Å². The Balaban J connectivity index is 1.17. The molecule has 0 N–H and O–H groups in total. The van der Waals surface area contributed by atoms with Crippen LogP contribution in [0.1, 0.15) is 0 Å². The van der Waals surface area contributed by atoms with Crippen molar-refractivity contribution in [3.8, 4) is 78.3 Å². The summed E-state index contributed by atoms with van der Waals surface area (Å²) in [6, 6.07) is 77.5. The number of benzene rings is 8.